The van der Waals surface area contributed by atoms with Gasteiger partial charge in [-0.15, -0.1) is 0 Å². The smallest absolute Gasteiger partial charge is 0.326 e. The second kappa shape index (κ2) is 9.57. The van der Waals surface area contributed by atoms with E-state index in [0.29, 0.717) is 13.0 Å². The van der Waals surface area contributed by atoms with Crippen LogP contribution in [0.2, 0.25) is 0 Å². The molecule has 0 aromatic carbocycles. The summed E-state index contributed by atoms with van der Waals surface area (Å²) in [5.74, 6) is -5.57. The number of amides is 2. The molecule has 1 fully saturated rings. The van der Waals surface area contributed by atoms with E-state index in [9.17, 15) is 24.0 Å². The Bertz CT molecular complexity index is 544. The first-order valence-corrected chi connectivity index (χ1v) is 7.71. The highest BCUT2D eigenvalue weighted by molar-refractivity contribution is 5.94. The van der Waals surface area contributed by atoms with Gasteiger partial charge < -0.3 is 31.3 Å². The fraction of sp³-hybridized carbons (Fsp3) is 0.643. The minimum absolute atomic E-state index is 0.367. The van der Waals surface area contributed by atoms with E-state index in [1.807, 2.05) is 0 Å². The second-order valence-electron chi connectivity index (χ2n) is 5.64. The second-order valence-corrected chi connectivity index (χ2v) is 5.64. The maximum absolute atomic E-state index is 12.2. The lowest BCUT2D eigenvalue weighted by atomic mass is 10.1. The van der Waals surface area contributed by atoms with Crippen molar-refractivity contribution >= 4 is 29.7 Å². The van der Waals surface area contributed by atoms with Crippen LogP contribution in [0.1, 0.15) is 32.1 Å². The maximum Gasteiger partial charge on any atom is 0.326 e. The molecule has 1 saturated heterocycles. The Morgan fingerprint density at radius 3 is 2.16 bits per heavy atom. The third kappa shape index (κ3) is 7.16. The van der Waals surface area contributed by atoms with Gasteiger partial charge in [-0.05, 0) is 25.8 Å². The summed E-state index contributed by atoms with van der Waals surface area (Å²) in [6.07, 6.45) is -0.267. The average molecular weight is 359 g/mol. The number of carbonyl (C=O) groups excluding carboxylic acids is 2. The number of nitrogens with one attached hydrogen (secondary N) is 3. The van der Waals surface area contributed by atoms with Crippen LogP contribution in [0.3, 0.4) is 0 Å². The van der Waals surface area contributed by atoms with Crippen molar-refractivity contribution in [3.8, 4) is 0 Å². The van der Waals surface area contributed by atoms with Gasteiger partial charge in [0.25, 0.3) is 0 Å². The molecular weight excluding hydrogens is 338 g/mol. The molecule has 11 nitrogen and oxygen atoms in total. The van der Waals surface area contributed by atoms with Crippen LogP contribution >= 0.6 is 0 Å². The molecule has 0 aromatic rings. The summed E-state index contributed by atoms with van der Waals surface area (Å²) < 4.78 is 0. The number of carboxylic acids is 3. The molecule has 25 heavy (non-hydrogen) atoms. The number of aliphatic carboxylic acids is 3. The van der Waals surface area contributed by atoms with Crippen molar-refractivity contribution in [2.24, 2.45) is 0 Å². The van der Waals surface area contributed by atoms with Gasteiger partial charge in [0.05, 0.1) is 12.5 Å². The van der Waals surface area contributed by atoms with Gasteiger partial charge in [-0.3, -0.25) is 19.2 Å². The quantitative estimate of drug-likeness (QED) is 0.260. The van der Waals surface area contributed by atoms with Crippen LogP contribution < -0.4 is 16.0 Å². The molecule has 3 unspecified atom stereocenters. The zero-order valence-corrected chi connectivity index (χ0v) is 13.4. The van der Waals surface area contributed by atoms with E-state index >= 15 is 0 Å². The standard InChI is InChI=1S/C14H21N3O8/c18-10(19)4-3-8(14(24)25)16-13(23)9(6-11(20)21)17-12(22)7-2-1-5-15-7/h7-9,15H,1-6H2,(H,16,23)(H,17,22)(H,18,19)(H,20,21)(H,24,25). The van der Waals surface area contributed by atoms with Crippen LogP contribution in [-0.4, -0.2) is 69.7 Å². The largest absolute Gasteiger partial charge is 0.481 e. The summed E-state index contributed by atoms with van der Waals surface area (Å²) in [5, 5.41) is 33.8. The third-order valence-corrected chi connectivity index (χ3v) is 3.65. The Balaban J connectivity index is 2.72. The van der Waals surface area contributed by atoms with Crippen LogP contribution in [0.5, 0.6) is 0 Å². The number of carboxylic acid groups (broad SMARTS) is 3. The van der Waals surface area contributed by atoms with E-state index in [4.69, 9.17) is 15.3 Å². The highest BCUT2D eigenvalue weighted by Gasteiger charge is 2.31. The normalized spacial score (nSPS) is 18.8. The van der Waals surface area contributed by atoms with Gasteiger partial charge in [0, 0.05) is 6.42 Å². The minimum atomic E-state index is -1.50. The van der Waals surface area contributed by atoms with Gasteiger partial charge in [0.2, 0.25) is 11.8 Å². The molecule has 2 amide bonds. The average Bonchev–Trinajstić information content (AvgIpc) is 3.03. The lowest BCUT2D eigenvalue weighted by molar-refractivity contribution is -0.144. The topological polar surface area (TPSA) is 182 Å². The fourth-order valence-corrected chi connectivity index (χ4v) is 2.36. The predicted molar refractivity (Wildman–Crippen MR) is 81.6 cm³/mol. The van der Waals surface area contributed by atoms with Crippen LogP contribution in [0.25, 0.3) is 0 Å². The van der Waals surface area contributed by atoms with Gasteiger partial charge in [0.1, 0.15) is 12.1 Å². The number of carbonyl (C=O) groups is 5. The summed E-state index contributed by atoms with van der Waals surface area (Å²) in [6, 6.07) is -3.49. The summed E-state index contributed by atoms with van der Waals surface area (Å²) in [7, 11) is 0. The molecule has 0 aromatic heterocycles. The zero-order chi connectivity index (χ0) is 19.0. The molecule has 1 rings (SSSR count). The molecule has 3 atom stereocenters. The first-order valence-electron chi connectivity index (χ1n) is 7.71. The molecule has 1 aliphatic rings. The monoisotopic (exact) mass is 359 g/mol. The minimum Gasteiger partial charge on any atom is -0.481 e. The lowest BCUT2D eigenvalue weighted by Gasteiger charge is -2.21. The summed E-state index contributed by atoms with van der Waals surface area (Å²) >= 11 is 0. The molecule has 0 spiro atoms. The Morgan fingerprint density at radius 1 is 1.00 bits per heavy atom. The lowest BCUT2D eigenvalue weighted by Crippen LogP contribution is -2.55. The summed E-state index contributed by atoms with van der Waals surface area (Å²) in [4.78, 5) is 56.8. The molecule has 1 heterocycles. The van der Waals surface area contributed by atoms with Gasteiger partial charge in [-0.25, -0.2) is 4.79 Å². The van der Waals surface area contributed by atoms with Gasteiger partial charge in [-0.2, -0.15) is 0 Å². The van der Waals surface area contributed by atoms with Crippen molar-refractivity contribution in [1.29, 1.82) is 0 Å². The first kappa shape index (κ1) is 20.4. The Labute approximate surface area is 142 Å². The van der Waals surface area contributed by atoms with Crippen LogP contribution in [0, 0.1) is 0 Å². The SMILES string of the molecule is O=C(O)CCC(NC(=O)C(CC(=O)O)NC(=O)C1CCCN1)C(=O)O. The first-order chi connectivity index (χ1) is 11.7. The number of hydrogen-bond acceptors (Lipinski definition) is 6. The molecule has 0 radical (unpaired) electrons. The molecule has 6 N–H and O–H groups in total. The predicted octanol–water partition coefficient (Wildman–Crippen LogP) is -1.87. The van der Waals surface area contributed by atoms with E-state index in [0.717, 1.165) is 6.42 Å². The Kier molecular flexibility index (Phi) is 7.79. The van der Waals surface area contributed by atoms with E-state index in [1.54, 1.807) is 0 Å². The van der Waals surface area contributed by atoms with Crippen LogP contribution in [0.15, 0.2) is 0 Å². The number of rotatable bonds is 10. The van der Waals surface area contributed by atoms with Gasteiger partial charge in [-0.1, -0.05) is 0 Å². The molecule has 11 heteroatoms. The van der Waals surface area contributed by atoms with Gasteiger partial charge >= 0.3 is 17.9 Å². The van der Waals surface area contributed by atoms with E-state index in [2.05, 4.69) is 16.0 Å². The molecular formula is C14H21N3O8. The van der Waals surface area contributed by atoms with E-state index in [1.165, 1.54) is 0 Å². The molecule has 1 aliphatic heterocycles. The van der Waals surface area contributed by atoms with Crippen molar-refractivity contribution in [3.63, 3.8) is 0 Å². The van der Waals surface area contributed by atoms with Gasteiger partial charge in [0.15, 0.2) is 0 Å². The van der Waals surface area contributed by atoms with Crippen LogP contribution in [-0.2, 0) is 24.0 Å². The van der Waals surface area contributed by atoms with Crippen molar-refractivity contribution in [2.45, 2.75) is 50.2 Å². The van der Waals surface area contributed by atoms with Crippen molar-refractivity contribution in [3.05, 3.63) is 0 Å². The fourth-order valence-electron chi connectivity index (χ4n) is 2.36. The van der Waals surface area contributed by atoms with E-state index in [-0.39, 0.29) is 6.42 Å². The van der Waals surface area contributed by atoms with Crippen molar-refractivity contribution in [1.82, 2.24) is 16.0 Å². The summed E-state index contributed by atoms with van der Waals surface area (Å²) in [5.41, 5.74) is 0. The highest BCUT2D eigenvalue weighted by atomic mass is 16.4. The van der Waals surface area contributed by atoms with Crippen LogP contribution in [0.4, 0.5) is 0 Å². The Hall–Kier alpha value is -2.69. The van der Waals surface area contributed by atoms with Crippen molar-refractivity contribution < 1.29 is 39.3 Å². The Morgan fingerprint density at radius 2 is 1.68 bits per heavy atom. The maximum atomic E-state index is 12.2. The zero-order valence-electron chi connectivity index (χ0n) is 13.4. The number of hydrogen-bond donors (Lipinski definition) is 6. The molecule has 140 valence electrons. The highest BCUT2D eigenvalue weighted by Crippen LogP contribution is 2.06. The molecule has 0 aliphatic carbocycles. The third-order valence-electron chi connectivity index (χ3n) is 3.65. The van der Waals surface area contributed by atoms with E-state index < -0.39 is 60.7 Å². The molecule has 0 bridgehead atoms. The molecule has 0 saturated carbocycles. The summed E-state index contributed by atoms with van der Waals surface area (Å²) in [6.45, 7) is 0.629. The van der Waals surface area contributed by atoms with Crippen molar-refractivity contribution in [2.75, 3.05) is 6.54 Å².